The predicted molar refractivity (Wildman–Crippen MR) is 105 cm³/mol. The van der Waals surface area contributed by atoms with Crippen molar-refractivity contribution >= 4 is 17.8 Å². The lowest BCUT2D eigenvalue weighted by Gasteiger charge is -2.04. The lowest BCUT2D eigenvalue weighted by atomic mass is 10.1. The summed E-state index contributed by atoms with van der Waals surface area (Å²) < 4.78 is 9.66. The molecule has 2 aromatic rings. The molecule has 0 atom stereocenters. The Hall–Kier alpha value is -3.26. The van der Waals surface area contributed by atoms with Gasteiger partial charge in [0.1, 0.15) is 22.8 Å². The van der Waals surface area contributed by atoms with Crippen LogP contribution in [0, 0.1) is 6.92 Å². The van der Waals surface area contributed by atoms with Crippen molar-refractivity contribution in [3.8, 4) is 5.75 Å². The second-order valence-corrected chi connectivity index (χ2v) is 5.30. The Morgan fingerprint density at radius 2 is 2.04 bits per heavy atom. The molecule has 8 heteroatoms. The van der Waals surface area contributed by atoms with Gasteiger partial charge in [0.25, 0.3) is 5.91 Å². The molecule has 0 aliphatic rings. The van der Waals surface area contributed by atoms with Crippen LogP contribution in [0.2, 0.25) is 0 Å². The minimum absolute atomic E-state index is 0.174. The van der Waals surface area contributed by atoms with Crippen molar-refractivity contribution in [1.29, 1.82) is 0 Å². The number of rotatable bonds is 7. The second kappa shape index (κ2) is 11.5. The van der Waals surface area contributed by atoms with Gasteiger partial charge in [-0.15, -0.1) is 0 Å². The molecule has 0 fully saturated rings. The first-order valence-electron chi connectivity index (χ1n) is 8.72. The van der Waals surface area contributed by atoms with Crippen molar-refractivity contribution in [3.05, 3.63) is 63.5 Å². The van der Waals surface area contributed by atoms with Crippen molar-refractivity contribution in [2.75, 3.05) is 20.3 Å². The predicted octanol–water partition coefficient (Wildman–Crippen LogP) is 2.35. The summed E-state index contributed by atoms with van der Waals surface area (Å²) in [5.41, 5.74) is -0.862. The lowest BCUT2D eigenvalue weighted by Crippen LogP contribution is -2.27. The number of aryl methyl sites for hydroxylation is 1. The summed E-state index contributed by atoms with van der Waals surface area (Å²) in [6.45, 7) is 6.21. The van der Waals surface area contributed by atoms with Crippen molar-refractivity contribution in [1.82, 2.24) is 10.3 Å². The number of aromatic nitrogens is 1. The van der Waals surface area contributed by atoms with E-state index in [2.05, 4.69) is 10.3 Å². The second-order valence-electron chi connectivity index (χ2n) is 5.30. The number of nitrogens with zero attached hydrogens (tertiary/aromatic N) is 1. The van der Waals surface area contributed by atoms with Crippen molar-refractivity contribution in [2.24, 2.45) is 0 Å². The summed E-state index contributed by atoms with van der Waals surface area (Å²) >= 11 is 0. The topological polar surface area (TPSA) is 119 Å². The summed E-state index contributed by atoms with van der Waals surface area (Å²) in [4.78, 5) is 39.9. The number of hydrogen-bond donors (Lipinski definition) is 2. The Labute approximate surface area is 162 Å². The number of ketones is 1. The zero-order chi connectivity index (χ0) is 21.1. The molecule has 2 rings (SSSR count). The third kappa shape index (κ3) is 6.48. The molecule has 0 saturated heterocycles. The number of methoxy groups -OCH3 is 1. The largest absolute Gasteiger partial charge is 0.507 e. The summed E-state index contributed by atoms with van der Waals surface area (Å²) in [5.74, 6) is -1.36. The van der Waals surface area contributed by atoms with E-state index in [9.17, 15) is 19.5 Å². The van der Waals surface area contributed by atoms with E-state index in [4.69, 9.17) is 9.15 Å². The number of ether oxygens (including phenoxy) is 1. The van der Waals surface area contributed by atoms with Crippen LogP contribution in [0.25, 0.3) is 6.08 Å². The highest BCUT2D eigenvalue weighted by Crippen LogP contribution is 2.15. The molecule has 8 nitrogen and oxygen atoms in total. The maximum absolute atomic E-state index is 12.1. The van der Waals surface area contributed by atoms with Crippen LogP contribution in [-0.4, -0.2) is 42.0 Å². The van der Waals surface area contributed by atoms with Gasteiger partial charge in [-0.2, -0.15) is 0 Å². The first kappa shape index (κ1) is 22.8. The summed E-state index contributed by atoms with van der Waals surface area (Å²) in [6.07, 6.45) is 2.42. The van der Waals surface area contributed by atoms with Crippen LogP contribution >= 0.6 is 0 Å². The molecule has 28 heavy (non-hydrogen) atoms. The van der Waals surface area contributed by atoms with Gasteiger partial charge in [0, 0.05) is 19.7 Å². The minimum atomic E-state index is -0.920. The van der Waals surface area contributed by atoms with Crippen molar-refractivity contribution < 1.29 is 23.8 Å². The Bertz CT molecular complexity index is 902. The number of pyridine rings is 1. The molecule has 0 radical (unpaired) electrons. The summed E-state index contributed by atoms with van der Waals surface area (Å²) in [6, 6.07) is 5.92. The van der Waals surface area contributed by atoms with Gasteiger partial charge in [-0.05, 0) is 31.2 Å². The molecule has 0 aliphatic heterocycles. The fraction of sp³-hybridized carbons (Fsp3) is 0.300. The average molecular weight is 388 g/mol. The minimum Gasteiger partial charge on any atom is -0.507 e. The molecule has 2 N–H and O–H groups in total. The Balaban J connectivity index is 0.00000190. The van der Waals surface area contributed by atoms with Gasteiger partial charge in [-0.25, -0.2) is 9.78 Å². The lowest BCUT2D eigenvalue weighted by molar-refractivity contribution is 0.0931. The molecular weight excluding hydrogens is 364 g/mol. The molecule has 0 saturated carbocycles. The van der Waals surface area contributed by atoms with E-state index < -0.39 is 22.7 Å². The molecule has 150 valence electrons. The van der Waals surface area contributed by atoms with Gasteiger partial charge in [0.2, 0.25) is 0 Å². The fourth-order valence-corrected chi connectivity index (χ4v) is 2.10. The molecule has 0 bridgehead atoms. The molecule has 2 heterocycles. The van der Waals surface area contributed by atoms with Crippen LogP contribution in [0.3, 0.4) is 0 Å². The fourth-order valence-electron chi connectivity index (χ4n) is 2.10. The average Bonchev–Trinajstić information content (AvgIpc) is 2.67. The zero-order valence-corrected chi connectivity index (χ0v) is 16.3. The monoisotopic (exact) mass is 388 g/mol. The zero-order valence-electron chi connectivity index (χ0n) is 16.3. The van der Waals surface area contributed by atoms with Crippen LogP contribution in [0.1, 0.15) is 46.1 Å². The van der Waals surface area contributed by atoms with Crippen molar-refractivity contribution in [3.63, 3.8) is 0 Å². The third-order valence-electron chi connectivity index (χ3n) is 3.30. The SMILES string of the molecule is CC.COCCNC(=O)c1cccc(/C=C/C(=O)c2c(O)cc(C)oc2=O)n1. The van der Waals surface area contributed by atoms with E-state index in [1.54, 1.807) is 12.1 Å². The van der Waals surface area contributed by atoms with E-state index in [0.717, 1.165) is 6.08 Å². The number of nitrogens with one attached hydrogen (secondary N) is 1. The maximum atomic E-state index is 12.1. The highest BCUT2D eigenvalue weighted by Gasteiger charge is 2.16. The molecular formula is C20H24N2O6. The van der Waals surface area contributed by atoms with E-state index >= 15 is 0 Å². The van der Waals surface area contributed by atoms with Gasteiger partial charge in [0.15, 0.2) is 5.78 Å². The highest BCUT2D eigenvalue weighted by molar-refractivity contribution is 6.08. The van der Waals surface area contributed by atoms with Crippen LogP contribution in [0.5, 0.6) is 5.75 Å². The van der Waals surface area contributed by atoms with Gasteiger partial charge in [-0.3, -0.25) is 9.59 Å². The first-order chi connectivity index (χ1) is 13.4. The number of carbonyl (C=O) groups excluding carboxylic acids is 2. The first-order valence-corrected chi connectivity index (χ1v) is 8.72. The van der Waals surface area contributed by atoms with Gasteiger partial charge in [0.05, 0.1) is 12.3 Å². The van der Waals surface area contributed by atoms with E-state index in [-0.39, 0.29) is 17.4 Å². The highest BCUT2D eigenvalue weighted by atomic mass is 16.5. The smallest absolute Gasteiger partial charge is 0.351 e. The maximum Gasteiger partial charge on any atom is 0.351 e. The third-order valence-corrected chi connectivity index (χ3v) is 3.30. The normalized spacial score (nSPS) is 10.3. The van der Waals surface area contributed by atoms with Crippen LogP contribution < -0.4 is 10.9 Å². The number of amides is 1. The van der Waals surface area contributed by atoms with E-state index in [1.807, 2.05) is 13.8 Å². The summed E-state index contributed by atoms with van der Waals surface area (Å²) in [7, 11) is 1.53. The van der Waals surface area contributed by atoms with E-state index in [1.165, 1.54) is 32.2 Å². The molecule has 0 unspecified atom stereocenters. The van der Waals surface area contributed by atoms with Crippen LogP contribution in [0.4, 0.5) is 0 Å². The number of carbonyl (C=O) groups is 2. The standard InChI is InChI=1S/C18H18N2O6.C2H6/c1-11-10-15(22)16(18(24)26-11)14(21)7-6-12-4-3-5-13(20-12)17(23)19-8-9-25-2;1-2/h3-7,10,22H,8-9H2,1-2H3,(H,19,23);1-2H3/b7-6+;. The molecule has 1 amide bonds. The number of aromatic hydroxyl groups is 1. The molecule has 0 aliphatic carbocycles. The Kier molecular flexibility index (Phi) is 9.32. The van der Waals surface area contributed by atoms with Gasteiger partial charge < -0.3 is 19.6 Å². The quantitative estimate of drug-likeness (QED) is 0.424. The van der Waals surface area contributed by atoms with Gasteiger partial charge >= 0.3 is 5.63 Å². The number of hydrogen-bond acceptors (Lipinski definition) is 7. The summed E-state index contributed by atoms with van der Waals surface area (Å²) in [5, 5.41) is 12.4. The molecule has 0 spiro atoms. The molecule has 0 aromatic carbocycles. The van der Waals surface area contributed by atoms with E-state index in [0.29, 0.717) is 18.8 Å². The van der Waals surface area contributed by atoms with Crippen molar-refractivity contribution in [2.45, 2.75) is 20.8 Å². The number of allylic oxidation sites excluding steroid dienone is 1. The molecule has 2 aromatic heterocycles. The van der Waals surface area contributed by atoms with Crippen LogP contribution in [0.15, 0.2) is 39.6 Å². The van der Waals surface area contributed by atoms with Crippen LogP contribution in [-0.2, 0) is 4.74 Å². The van der Waals surface area contributed by atoms with Gasteiger partial charge in [-0.1, -0.05) is 19.9 Å². The Morgan fingerprint density at radius 3 is 2.68 bits per heavy atom. The Morgan fingerprint density at radius 1 is 1.32 bits per heavy atom.